The van der Waals surface area contributed by atoms with E-state index < -0.39 is 0 Å². The van der Waals surface area contributed by atoms with Gasteiger partial charge in [-0.05, 0) is 36.4 Å². The van der Waals surface area contributed by atoms with Crippen molar-refractivity contribution in [1.29, 1.82) is 0 Å². The molecule has 0 aliphatic heterocycles. The number of aromatic nitrogens is 2. The maximum absolute atomic E-state index is 11.6. The highest BCUT2D eigenvalue weighted by Crippen LogP contribution is 2.36. The number of para-hydroxylation sites is 2. The number of anilines is 3. The molecule has 0 saturated heterocycles. The third kappa shape index (κ3) is 4.18. The maximum atomic E-state index is 11.6. The standard InChI is InChI=1S/C21H17ClN4O2.ClH/c1-12(27)23-15-5-3-4-6-16(15)25-20-14-8-7-13(22)11-18(14)24-17-9-10-19(28-2)26-21(17)20;/h3-11H,1-2H3,(H,23,27)(H,24,25);1H. The monoisotopic (exact) mass is 428 g/mol. The molecule has 2 N–H and O–H groups in total. The number of rotatable bonds is 4. The molecule has 0 radical (unpaired) electrons. The summed E-state index contributed by atoms with van der Waals surface area (Å²) in [6.45, 7) is 1.47. The van der Waals surface area contributed by atoms with Crippen molar-refractivity contribution in [2.75, 3.05) is 17.7 Å². The van der Waals surface area contributed by atoms with Gasteiger partial charge in [0, 0.05) is 23.4 Å². The summed E-state index contributed by atoms with van der Waals surface area (Å²) in [5.74, 6) is 0.339. The molecule has 4 rings (SSSR count). The summed E-state index contributed by atoms with van der Waals surface area (Å²) >= 11 is 6.17. The zero-order chi connectivity index (χ0) is 19.7. The number of hydrogen-bond donors (Lipinski definition) is 2. The number of benzene rings is 2. The van der Waals surface area contributed by atoms with E-state index in [0.29, 0.717) is 27.6 Å². The van der Waals surface area contributed by atoms with Crippen LogP contribution in [-0.4, -0.2) is 23.0 Å². The van der Waals surface area contributed by atoms with Crippen LogP contribution in [0, 0.1) is 0 Å². The fourth-order valence-corrected chi connectivity index (χ4v) is 3.21. The Morgan fingerprint density at radius 2 is 1.76 bits per heavy atom. The van der Waals surface area contributed by atoms with E-state index in [9.17, 15) is 4.79 Å². The van der Waals surface area contributed by atoms with Gasteiger partial charge in [0.15, 0.2) is 0 Å². The van der Waals surface area contributed by atoms with E-state index in [2.05, 4.69) is 20.6 Å². The van der Waals surface area contributed by atoms with Crippen LogP contribution in [-0.2, 0) is 4.79 Å². The molecule has 0 fully saturated rings. The third-order valence-electron chi connectivity index (χ3n) is 4.26. The Hall–Kier alpha value is -3.09. The number of nitrogens with one attached hydrogen (secondary N) is 2. The predicted octanol–water partition coefficient (Wildman–Crippen LogP) is 5.57. The van der Waals surface area contributed by atoms with E-state index in [1.54, 1.807) is 13.2 Å². The second kappa shape index (κ2) is 8.51. The van der Waals surface area contributed by atoms with Crippen LogP contribution < -0.4 is 15.4 Å². The lowest BCUT2D eigenvalue weighted by Crippen LogP contribution is -2.08. The van der Waals surface area contributed by atoms with Gasteiger partial charge in [-0.3, -0.25) is 4.79 Å². The molecular weight excluding hydrogens is 411 g/mol. The van der Waals surface area contributed by atoms with Crippen molar-refractivity contribution < 1.29 is 9.53 Å². The average molecular weight is 429 g/mol. The Morgan fingerprint density at radius 3 is 2.48 bits per heavy atom. The first-order chi connectivity index (χ1) is 13.5. The van der Waals surface area contributed by atoms with Crippen LogP contribution >= 0.6 is 24.0 Å². The van der Waals surface area contributed by atoms with Gasteiger partial charge in [-0.15, -0.1) is 12.4 Å². The van der Waals surface area contributed by atoms with E-state index in [0.717, 1.165) is 22.3 Å². The number of carbonyl (C=O) groups excluding carboxylic acids is 1. The molecular formula is C21H18Cl2N4O2. The lowest BCUT2D eigenvalue weighted by molar-refractivity contribution is -0.114. The number of amides is 1. The molecule has 2 aromatic heterocycles. The lowest BCUT2D eigenvalue weighted by Gasteiger charge is -2.16. The summed E-state index contributed by atoms with van der Waals surface area (Å²) in [5.41, 5.74) is 4.28. The van der Waals surface area contributed by atoms with Gasteiger partial charge in [0.1, 0.15) is 5.52 Å². The molecule has 2 heterocycles. The molecule has 148 valence electrons. The number of hydrogen-bond acceptors (Lipinski definition) is 5. The van der Waals surface area contributed by atoms with Gasteiger partial charge in [-0.25, -0.2) is 9.97 Å². The molecule has 0 aliphatic carbocycles. The number of methoxy groups -OCH3 is 1. The SMILES string of the molecule is COc1ccc2nc3cc(Cl)ccc3c(Nc3ccccc3NC(C)=O)c2n1.Cl. The van der Waals surface area contributed by atoms with Gasteiger partial charge in [0.25, 0.3) is 0 Å². The van der Waals surface area contributed by atoms with Crippen LogP contribution in [0.25, 0.3) is 21.9 Å². The van der Waals surface area contributed by atoms with Crippen molar-refractivity contribution in [1.82, 2.24) is 9.97 Å². The van der Waals surface area contributed by atoms with Crippen LogP contribution in [0.4, 0.5) is 17.1 Å². The van der Waals surface area contributed by atoms with E-state index in [4.69, 9.17) is 16.3 Å². The summed E-state index contributed by atoms with van der Waals surface area (Å²) in [6.07, 6.45) is 0. The quantitative estimate of drug-likeness (QED) is 0.415. The first kappa shape index (κ1) is 20.6. The first-order valence-electron chi connectivity index (χ1n) is 8.63. The predicted molar refractivity (Wildman–Crippen MR) is 120 cm³/mol. The van der Waals surface area contributed by atoms with Crippen molar-refractivity contribution in [3.63, 3.8) is 0 Å². The van der Waals surface area contributed by atoms with Crippen LogP contribution in [0.3, 0.4) is 0 Å². The number of halogens is 2. The molecule has 6 nitrogen and oxygen atoms in total. The van der Waals surface area contributed by atoms with E-state index in [-0.39, 0.29) is 18.3 Å². The minimum atomic E-state index is -0.148. The topological polar surface area (TPSA) is 76.1 Å². The number of carbonyl (C=O) groups is 1. The fourth-order valence-electron chi connectivity index (χ4n) is 3.04. The summed E-state index contributed by atoms with van der Waals surface area (Å²) < 4.78 is 5.29. The summed E-state index contributed by atoms with van der Waals surface area (Å²) in [7, 11) is 1.57. The molecule has 29 heavy (non-hydrogen) atoms. The van der Waals surface area contributed by atoms with Gasteiger partial charge in [-0.2, -0.15) is 0 Å². The summed E-state index contributed by atoms with van der Waals surface area (Å²) in [5, 5.41) is 7.72. The molecule has 0 unspecified atom stereocenters. The number of fused-ring (bicyclic) bond motifs is 2. The van der Waals surface area contributed by atoms with E-state index in [1.165, 1.54) is 6.92 Å². The van der Waals surface area contributed by atoms with Crippen LogP contribution in [0.2, 0.25) is 5.02 Å². The Bertz CT molecular complexity index is 1210. The minimum absolute atomic E-state index is 0. The molecule has 0 aliphatic rings. The molecule has 0 bridgehead atoms. The number of pyridine rings is 2. The number of nitrogens with zero attached hydrogens (tertiary/aromatic N) is 2. The highest BCUT2D eigenvalue weighted by atomic mass is 35.5. The largest absolute Gasteiger partial charge is 0.481 e. The Morgan fingerprint density at radius 1 is 1.00 bits per heavy atom. The highest BCUT2D eigenvalue weighted by molar-refractivity contribution is 6.31. The molecule has 0 spiro atoms. The summed E-state index contributed by atoms with van der Waals surface area (Å²) in [6, 6.07) is 16.6. The van der Waals surface area contributed by atoms with Crippen molar-refractivity contribution in [3.05, 3.63) is 59.6 Å². The second-order valence-electron chi connectivity index (χ2n) is 6.22. The van der Waals surface area contributed by atoms with Crippen LogP contribution in [0.1, 0.15) is 6.92 Å². The Balaban J connectivity index is 0.00000240. The highest BCUT2D eigenvalue weighted by Gasteiger charge is 2.14. The van der Waals surface area contributed by atoms with Gasteiger partial charge in [0.2, 0.25) is 11.8 Å². The van der Waals surface area contributed by atoms with Crippen molar-refractivity contribution in [3.8, 4) is 5.88 Å². The fraction of sp³-hybridized carbons (Fsp3) is 0.0952. The molecule has 0 atom stereocenters. The summed E-state index contributed by atoms with van der Waals surface area (Å²) in [4.78, 5) is 20.8. The Kier molecular flexibility index (Phi) is 6.06. The normalized spacial score (nSPS) is 10.4. The number of ether oxygens (including phenoxy) is 1. The average Bonchev–Trinajstić information content (AvgIpc) is 2.68. The van der Waals surface area contributed by atoms with Gasteiger partial charge >= 0.3 is 0 Å². The van der Waals surface area contributed by atoms with Crippen LogP contribution in [0.5, 0.6) is 5.88 Å². The van der Waals surface area contributed by atoms with Gasteiger partial charge in [0.05, 0.1) is 35.2 Å². The first-order valence-corrected chi connectivity index (χ1v) is 9.00. The van der Waals surface area contributed by atoms with Gasteiger partial charge in [-0.1, -0.05) is 23.7 Å². The van der Waals surface area contributed by atoms with Crippen molar-refractivity contribution >= 4 is 68.9 Å². The van der Waals surface area contributed by atoms with Gasteiger partial charge < -0.3 is 15.4 Å². The molecule has 2 aromatic carbocycles. The van der Waals surface area contributed by atoms with Crippen molar-refractivity contribution in [2.24, 2.45) is 0 Å². The Labute approximate surface area is 178 Å². The maximum Gasteiger partial charge on any atom is 0.221 e. The molecule has 0 saturated carbocycles. The van der Waals surface area contributed by atoms with E-state index in [1.807, 2.05) is 48.5 Å². The van der Waals surface area contributed by atoms with Crippen LogP contribution in [0.15, 0.2) is 54.6 Å². The second-order valence-corrected chi connectivity index (χ2v) is 6.66. The minimum Gasteiger partial charge on any atom is -0.481 e. The third-order valence-corrected chi connectivity index (χ3v) is 4.50. The zero-order valence-electron chi connectivity index (χ0n) is 15.7. The lowest BCUT2D eigenvalue weighted by atomic mass is 10.1. The van der Waals surface area contributed by atoms with E-state index >= 15 is 0 Å². The molecule has 1 amide bonds. The smallest absolute Gasteiger partial charge is 0.221 e. The van der Waals surface area contributed by atoms with Crippen molar-refractivity contribution in [2.45, 2.75) is 6.92 Å². The molecule has 8 heteroatoms. The molecule has 4 aromatic rings. The zero-order valence-corrected chi connectivity index (χ0v) is 17.3.